The molecule has 5 heteroatoms. The molecule has 3 N–H and O–H groups in total. The van der Waals surface area contributed by atoms with Crippen LogP contribution in [-0.4, -0.2) is 22.2 Å². The maximum Gasteiger partial charge on any atom is 0.506 e. The van der Waals surface area contributed by atoms with Crippen molar-refractivity contribution in [3.05, 3.63) is 27.8 Å². The van der Waals surface area contributed by atoms with E-state index in [9.17, 15) is 0 Å². The largest absolute Gasteiger partial charge is 0.506 e. The smallest absolute Gasteiger partial charge is 0.422 e. The van der Waals surface area contributed by atoms with Crippen molar-refractivity contribution in [2.45, 2.75) is 0 Å². The first-order valence-electron chi connectivity index (χ1n) is 3.82. The fourth-order valence-corrected chi connectivity index (χ4v) is 2.19. The molecular formula is C8H7BINO2. The summed E-state index contributed by atoms with van der Waals surface area (Å²) in [6.07, 6.45) is 0. The van der Waals surface area contributed by atoms with E-state index in [4.69, 9.17) is 10.0 Å². The van der Waals surface area contributed by atoms with Gasteiger partial charge in [-0.3, -0.25) is 0 Å². The Labute approximate surface area is 89.1 Å². The SMILES string of the molecule is OB(O)c1[nH]c2ccccc2c1I. The molecule has 0 unspecified atom stereocenters. The molecule has 0 saturated carbocycles. The molecule has 0 radical (unpaired) electrons. The van der Waals surface area contributed by atoms with Crippen LogP contribution in [0.1, 0.15) is 0 Å². The van der Waals surface area contributed by atoms with Gasteiger partial charge in [0.1, 0.15) is 0 Å². The second-order valence-corrected chi connectivity index (χ2v) is 3.85. The molecule has 0 aliphatic carbocycles. The summed E-state index contributed by atoms with van der Waals surface area (Å²) in [5.74, 6) is 0. The number of aromatic nitrogens is 1. The number of benzene rings is 1. The van der Waals surface area contributed by atoms with Crippen LogP contribution in [0, 0.1) is 3.57 Å². The van der Waals surface area contributed by atoms with Gasteiger partial charge < -0.3 is 15.0 Å². The molecule has 2 rings (SSSR count). The highest BCUT2D eigenvalue weighted by Gasteiger charge is 2.18. The Morgan fingerprint density at radius 1 is 1.23 bits per heavy atom. The van der Waals surface area contributed by atoms with Gasteiger partial charge in [-0.1, -0.05) is 18.2 Å². The van der Waals surface area contributed by atoms with E-state index in [2.05, 4.69) is 27.6 Å². The molecule has 13 heavy (non-hydrogen) atoms. The minimum atomic E-state index is -1.43. The molecule has 3 nitrogen and oxygen atoms in total. The van der Waals surface area contributed by atoms with Crippen LogP contribution in [-0.2, 0) is 0 Å². The van der Waals surface area contributed by atoms with Gasteiger partial charge in [0, 0.05) is 14.5 Å². The zero-order valence-corrected chi connectivity index (χ0v) is 8.82. The summed E-state index contributed by atoms with van der Waals surface area (Å²) in [6, 6.07) is 7.68. The quantitative estimate of drug-likeness (QED) is 0.527. The maximum absolute atomic E-state index is 9.03. The van der Waals surface area contributed by atoms with Crippen LogP contribution in [0.2, 0.25) is 0 Å². The second kappa shape index (κ2) is 3.32. The van der Waals surface area contributed by atoms with E-state index in [1.54, 1.807) is 0 Å². The fourth-order valence-electron chi connectivity index (χ4n) is 1.31. The highest BCUT2D eigenvalue weighted by molar-refractivity contribution is 14.1. The fraction of sp³-hybridized carbons (Fsp3) is 0. The third kappa shape index (κ3) is 1.47. The van der Waals surface area contributed by atoms with Gasteiger partial charge in [-0.25, -0.2) is 0 Å². The zero-order valence-electron chi connectivity index (χ0n) is 6.66. The van der Waals surface area contributed by atoms with Crippen LogP contribution in [0.5, 0.6) is 0 Å². The number of H-pyrrole nitrogens is 1. The molecule has 0 aliphatic heterocycles. The first-order valence-corrected chi connectivity index (χ1v) is 4.90. The van der Waals surface area contributed by atoms with Crippen molar-refractivity contribution in [2.75, 3.05) is 0 Å². The molecule has 0 saturated heterocycles. The third-order valence-corrected chi connectivity index (χ3v) is 3.09. The molecule has 0 aliphatic rings. The minimum absolute atomic E-state index is 0.460. The van der Waals surface area contributed by atoms with Crippen LogP contribution < -0.4 is 5.59 Å². The molecular weight excluding hydrogens is 280 g/mol. The number of aromatic amines is 1. The average molecular weight is 287 g/mol. The summed E-state index contributed by atoms with van der Waals surface area (Å²) in [6.45, 7) is 0. The number of halogens is 1. The normalized spacial score (nSPS) is 10.7. The number of hydrogen-bond donors (Lipinski definition) is 3. The van der Waals surface area contributed by atoms with Gasteiger partial charge in [-0.15, -0.1) is 0 Å². The summed E-state index contributed by atoms with van der Waals surface area (Å²) in [5.41, 5.74) is 1.39. The summed E-state index contributed by atoms with van der Waals surface area (Å²) in [7, 11) is -1.43. The van der Waals surface area contributed by atoms with Crippen molar-refractivity contribution in [2.24, 2.45) is 0 Å². The molecule has 0 fully saturated rings. The Morgan fingerprint density at radius 3 is 2.54 bits per heavy atom. The van der Waals surface area contributed by atoms with E-state index >= 15 is 0 Å². The Bertz CT molecular complexity index is 441. The van der Waals surface area contributed by atoms with Crippen LogP contribution in [0.3, 0.4) is 0 Å². The Morgan fingerprint density at radius 2 is 1.92 bits per heavy atom. The lowest BCUT2D eigenvalue weighted by Crippen LogP contribution is -2.32. The number of para-hydroxylation sites is 1. The van der Waals surface area contributed by atoms with E-state index in [0.29, 0.717) is 5.59 Å². The van der Waals surface area contributed by atoms with Crippen molar-refractivity contribution in [1.29, 1.82) is 0 Å². The predicted octanol–water partition coefficient (Wildman–Crippen LogP) is 0.452. The first-order chi connectivity index (χ1) is 6.20. The zero-order chi connectivity index (χ0) is 9.42. The lowest BCUT2D eigenvalue weighted by atomic mass is 9.86. The molecule has 1 heterocycles. The molecule has 0 spiro atoms. The van der Waals surface area contributed by atoms with Gasteiger partial charge in [0.15, 0.2) is 0 Å². The Hall–Kier alpha value is -0.525. The number of hydrogen-bond acceptors (Lipinski definition) is 2. The van der Waals surface area contributed by atoms with Gasteiger partial charge in [0.2, 0.25) is 0 Å². The number of nitrogens with one attached hydrogen (secondary N) is 1. The van der Waals surface area contributed by atoms with Gasteiger partial charge in [-0.2, -0.15) is 0 Å². The van der Waals surface area contributed by atoms with E-state index in [1.165, 1.54) is 0 Å². The minimum Gasteiger partial charge on any atom is -0.422 e. The summed E-state index contributed by atoms with van der Waals surface area (Å²) < 4.78 is 0.864. The Kier molecular flexibility index (Phi) is 2.31. The third-order valence-electron chi connectivity index (χ3n) is 1.93. The first kappa shape index (κ1) is 9.05. The molecule has 0 bridgehead atoms. The van der Waals surface area contributed by atoms with Crippen molar-refractivity contribution >= 4 is 46.2 Å². The standard InChI is InChI=1S/C8H7BINO2/c10-7-5-3-1-2-4-6(5)11-8(7)9(12)13/h1-4,11-13H. The summed E-state index contributed by atoms with van der Waals surface area (Å²) in [5, 5.41) is 19.1. The van der Waals surface area contributed by atoms with Crippen molar-refractivity contribution in [3.63, 3.8) is 0 Å². The topological polar surface area (TPSA) is 56.2 Å². The van der Waals surface area contributed by atoms with E-state index in [0.717, 1.165) is 14.5 Å². The summed E-state index contributed by atoms with van der Waals surface area (Å²) in [4.78, 5) is 2.96. The molecule has 66 valence electrons. The Balaban J connectivity index is 2.74. The highest BCUT2D eigenvalue weighted by Crippen LogP contribution is 2.17. The van der Waals surface area contributed by atoms with Crippen LogP contribution in [0.25, 0.3) is 10.9 Å². The highest BCUT2D eigenvalue weighted by atomic mass is 127. The van der Waals surface area contributed by atoms with Crippen molar-refractivity contribution < 1.29 is 10.0 Å². The van der Waals surface area contributed by atoms with E-state index in [1.807, 2.05) is 24.3 Å². The number of fused-ring (bicyclic) bond motifs is 1. The lowest BCUT2D eigenvalue weighted by molar-refractivity contribution is 0.424. The van der Waals surface area contributed by atoms with Crippen LogP contribution in [0.4, 0.5) is 0 Å². The lowest BCUT2D eigenvalue weighted by Gasteiger charge is -1.93. The average Bonchev–Trinajstić information content (AvgIpc) is 2.45. The monoisotopic (exact) mass is 287 g/mol. The van der Waals surface area contributed by atoms with Crippen molar-refractivity contribution in [3.8, 4) is 0 Å². The van der Waals surface area contributed by atoms with Crippen LogP contribution in [0.15, 0.2) is 24.3 Å². The van der Waals surface area contributed by atoms with E-state index < -0.39 is 7.12 Å². The predicted molar refractivity (Wildman–Crippen MR) is 60.8 cm³/mol. The van der Waals surface area contributed by atoms with Crippen LogP contribution >= 0.6 is 22.6 Å². The maximum atomic E-state index is 9.03. The van der Waals surface area contributed by atoms with Crippen molar-refractivity contribution in [1.82, 2.24) is 4.98 Å². The molecule has 1 aromatic heterocycles. The van der Waals surface area contributed by atoms with E-state index in [-0.39, 0.29) is 0 Å². The number of rotatable bonds is 1. The molecule has 0 atom stereocenters. The van der Waals surface area contributed by atoms with Gasteiger partial charge in [0.05, 0.1) is 5.59 Å². The van der Waals surface area contributed by atoms with Gasteiger partial charge in [-0.05, 0) is 28.7 Å². The summed E-state index contributed by atoms with van der Waals surface area (Å²) >= 11 is 2.10. The molecule has 0 amide bonds. The second-order valence-electron chi connectivity index (χ2n) is 2.77. The van der Waals surface area contributed by atoms with Gasteiger partial charge >= 0.3 is 7.12 Å². The molecule has 2 aromatic rings. The molecule has 1 aromatic carbocycles. The van der Waals surface area contributed by atoms with Gasteiger partial charge in [0.25, 0.3) is 0 Å².